The molecule has 0 spiro atoms. The smallest absolute Gasteiger partial charge is 0.0604 e. The molecule has 3 nitrogen and oxygen atoms in total. The van der Waals surface area contributed by atoms with Crippen LogP contribution < -0.4 is 15.1 Å². The van der Waals surface area contributed by atoms with Gasteiger partial charge >= 0.3 is 0 Å². The summed E-state index contributed by atoms with van der Waals surface area (Å²) in [6, 6.07) is 9.36. The van der Waals surface area contributed by atoms with E-state index in [1.165, 1.54) is 37.2 Å². The number of hydrogen-bond donors (Lipinski definition) is 1. The molecule has 1 heterocycles. The number of nitrogens with zero attached hydrogens (tertiary/aromatic N) is 2. The number of para-hydroxylation sites is 2. The predicted molar refractivity (Wildman–Crippen MR) is 84.3 cm³/mol. The molecule has 0 aromatic heterocycles. The van der Waals surface area contributed by atoms with Crippen LogP contribution in [0.2, 0.25) is 0 Å². The molecule has 1 N–H and O–H groups in total. The molecule has 1 unspecified atom stereocenters. The molecule has 19 heavy (non-hydrogen) atoms. The van der Waals surface area contributed by atoms with Gasteiger partial charge < -0.3 is 15.1 Å². The fourth-order valence-electron chi connectivity index (χ4n) is 2.82. The normalized spacial score (nSPS) is 19.5. The summed E-state index contributed by atoms with van der Waals surface area (Å²) in [5.41, 5.74) is 2.69. The molecule has 106 valence electrons. The zero-order chi connectivity index (χ0) is 13.7. The Morgan fingerprint density at radius 2 is 2.11 bits per heavy atom. The molecule has 1 saturated heterocycles. The highest BCUT2D eigenvalue weighted by Gasteiger charge is 2.21. The highest BCUT2D eigenvalue weighted by Crippen LogP contribution is 2.29. The van der Waals surface area contributed by atoms with E-state index in [0.29, 0.717) is 6.04 Å². The number of anilines is 2. The van der Waals surface area contributed by atoms with Crippen LogP contribution in [0, 0.1) is 0 Å². The van der Waals surface area contributed by atoms with Gasteiger partial charge in [0.2, 0.25) is 0 Å². The number of piperidine rings is 1. The molecule has 1 aromatic rings. The summed E-state index contributed by atoms with van der Waals surface area (Å²) >= 11 is 0. The second-order valence-electron chi connectivity index (χ2n) is 5.62. The fraction of sp³-hybridized carbons (Fsp3) is 0.625. The standard InChI is InChI=1S/C16H27N3/c1-4-11-17-14-8-7-12-19(13-14)16-10-6-5-9-15(16)18(2)3/h5-6,9-10,14,17H,4,7-8,11-13H2,1-3H3. The van der Waals surface area contributed by atoms with E-state index in [-0.39, 0.29) is 0 Å². The van der Waals surface area contributed by atoms with E-state index in [1.54, 1.807) is 0 Å². The Labute approximate surface area is 117 Å². The van der Waals surface area contributed by atoms with Crippen LogP contribution in [0.1, 0.15) is 26.2 Å². The van der Waals surface area contributed by atoms with Gasteiger partial charge in [-0.25, -0.2) is 0 Å². The molecule has 0 bridgehead atoms. The van der Waals surface area contributed by atoms with E-state index >= 15 is 0 Å². The van der Waals surface area contributed by atoms with Crippen molar-refractivity contribution in [1.29, 1.82) is 0 Å². The number of nitrogens with one attached hydrogen (secondary N) is 1. The summed E-state index contributed by atoms with van der Waals surface area (Å²) in [6.45, 7) is 5.67. The summed E-state index contributed by atoms with van der Waals surface area (Å²) < 4.78 is 0. The number of benzene rings is 1. The van der Waals surface area contributed by atoms with E-state index in [9.17, 15) is 0 Å². The average molecular weight is 261 g/mol. The molecule has 1 atom stereocenters. The second kappa shape index (κ2) is 6.80. The van der Waals surface area contributed by atoms with E-state index in [1.807, 2.05) is 0 Å². The maximum Gasteiger partial charge on any atom is 0.0604 e. The minimum absolute atomic E-state index is 0.643. The molecular formula is C16H27N3. The molecule has 0 radical (unpaired) electrons. The Balaban J connectivity index is 2.08. The van der Waals surface area contributed by atoms with Crippen LogP contribution in [0.5, 0.6) is 0 Å². The van der Waals surface area contributed by atoms with E-state index in [2.05, 4.69) is 60.4 Å². The molecule has 1 fully saturated rings. The molecule has 0 saturated carbocycles. The van der Waals surface area contributed by atoms with E-state index in [4.69, 9.17) is 0 Å². The van der Waals surface area contributed by atoms with Gasteiger partial charge in [-0.2, -0.15) is 0 Å². The first-order valence-corrected chi connectivity index (χ1v) is 7.47. The number of rotatable bonds is 5. The van der Waals surface area contributed by atoms with Gasteiger partial charge in [-0.1, -0.05) is 19.1 Å². The van der Waals surface area contributed by atoms with Crippen LogP contribution in [0.3, 0.4) is 0 Å². The Kier molecular flexibility index (Phi) is 5.08. The number of hydrogen-bond acceptors (Lipinski definition) is 3. The van der Waals surface area contributed by atoms with Crippen molar-refractivity contribution >= 4 is 11.4 Å². The van der Waals surface area contributed by atoms with Crippen molar-refractivity contribution in [1.82, 2.24) is 5.32 Å². The lowest BCUT2D eigenvalue weighted by atomic mass is 10.0. The molecule has 0 amide bonds. The van der Waals surface area contributed by atoms with E-state index in [0.717, 1.165) is 13.1 Å². The summed E-state index contributed by atoms with van der Waals surface area (Å²) in [5, 5.41) is 3.66. The summed E-state index contributed by atoms with van der Waals surface area (Å²) in [6.07, 6.45) is 3.80. The van der Waals surface area contributed by atoms with Crippen molar-refractivity contribution in [2.45, 2.75) is 32.2 Å². The first-order valence-electron chi connectivity index (χ1n) is 7.47. The quantitative estimate of drug-likeness (QED) is 0.879. The third-order valence-corrected chi connectivity index (χ3v) is 3.81. The largest absolute Gasteiger partial charge is 0.376 e. The first-order chi connectivity index (χ1) is 9.22. The van der Waals surface area contributed by atoms with Gasteiger partial charge in [0, 0.05) is 33.2 Å². The van der Waals surface area contributed by atoms with Gasteiger partial charge in [0.05, 0.1) is 11.4 Å². The maximum absolute atomic E-state index is 3.66. The minimum Gasteiger partial charge on any atom is -0.376 e. The highest BCUT2D eigenvalue weighted by atomic mass is 15.2. The SMILES string of the molecule is CCCNC1CCCN(c2ccccc2N(C)C)C1. The summed E-state index contributed by atoms with van der Waals surface area (Å²) in [7, 11) is 4.24. The van der Waals surface area contributed by atoms with Gasteiger partial charge in [-0.15, -0.1) is 0 Å². The Morgan fingerprint density at radius 3 is 2.84 bits per heavy atom. The van der Waals surface area contributed by atoms with Crippen LogP contribution in [-0.4, -0.2) is 39.8 Å². The minimum atomic E-state index is 0.643. The second-order valence-corrected chi connectivity index (χ2v) is 5.62. The van der Waals surface area contributed by atoms with Crippen molar-refractivity contribution in [2.24, 2.45) is 0 Å². The molecular weight excluding hydrogens is 234 g/mol. The van der Waals surface area contributed by atoms with Crippen LogP contribution in [0.4, 0.5) is 11.4 Å². The summed E-state index contributed by atoms with van der Waals surface area (Å²) in [4.78, 5) is 4.74. The predicted octanol–water partition coefficient (Wildman–Crippen LogP) is 2.72. The first kappa shape index (κ1) is 14.2. The van der Waals surface area contributed by atoms with E-state index < -0.39 is 0 Å². The Bertz CT molecular complexity index is 389. The van der Waals surface area contributed by atoms with Gasteiger partial charge in [0.15, 0.2) is 0 Å². The topological polar surface area (TPSA) is 18.5 Å². The Morgan fingerprint density at radius 1 is 1.32 bits per heavy atom. The van der Waals surface area contributed by atoms with Gasteiger partial charge in [-0.3, -0.25) is 0 Å². The average Bonchev–Trinajstić information content (AvgIpc) is 2.45. The molecule has 1 aliphatic heterocycles. The monoisotopic (exact) mass is 261 g/mol. The Hall–Kier alpha value is -1.22. The van der Waals surface area contributed by atoms with Gasteiger partial charge in [0.1, 0.15) is 0 Å². The molecule has 0 aliphatic carbocycles. The third kappa shape index (κ3) is 3.63. The molecule has 2 rings (SSSR count). The van der Waals surface area contributed by atoms with Crippen LogP contribution in [-0.2, 0) is 0 Å². The third-order valence-electron chi connectivity index (χ3n) is 3.81. The fourth-order valence-corrected chi connectivity index (χ4v) is 2.82. The lowest BCUT2D eigenvalue weighted by Crippen LogP contribution is -2.46. The van der Waals surface area contributed by atoms with Gasteiger partial charge in [0.25, 0.3) is 0 Å². The van der Waals surface area contributed by atoms with Crippen molar-refractivity contribution < 1.29 is 0 Å². The zero-order valence-electron chi connectivity index (χ0n) is 12.5. The van der Waals surface area contributed by atoms with Gasteiger partial charge in [-0.05, 0) is 37.9 Å². The maximum atomic E-state index is 3.66. The lowest BCUT2D eigenvalue weighted by molar-refractivity contribution is 0.423. The van der Waals surface area contributed by atoms with Crippen LogP contribution in [0.25, 0.3) is 0 Å². The van der Waals surface area contributed by atoms with Crippen LogP contribution in [0.15, 0.2) is 24.3 Å². The summed E-state index contributed by atoms with van der Waals surface area (Å²) in [5.74, 6) is 0. The lowest BCUT2D eigenvalue weighted by Gasteiger charge is -2.36. The molecule has 1 aliphatic rings. The van der Waals surface area contributed by atoms with Crippen LogP contribution >= 0.6 is 0 Å². The van der Waals surface area contributed by atoms with Crippen molar-refractivity contribution in [2.75, 3.05) is 43.5 Å². The molecule has 1 aromatic carbocycles. The molecule has 3 heteroatoms. The highest BCUT2D eigenvalue weighted by molar-refractivity contribution is 5.70. The van der Waals surface area contributed by atoms with Crippen molar-refractivity contribution in [3.63, 3.8) is 0 Å². The zero-order valence-corrected chi connectivity index (χ0v) is 12.5. The van der Waals surface area contributed by atoms with Crippen molar-refractivity contribution in [3.05, 3.63) is 24.3 Å². The van der Waals surface area contributed by atoms with Crippen molar-refractivity contribution in [3.8, 4) is 0 Å².